The van der Waals surface area contributed by atoms with Crippen LogP contribution in [0.1, 0.15) is 10.4 Å². The number of aromatic nitrogens is 1. The fourth-order valence-electron chi connectivity index (χ4n) is 2.43. The highest BCUT2D eigenvalue weighted by Crippen LogP contribution is 2.21. The van der Waals surface area contributed by atoms with Crippen LogP contribution in [0.2, 0.25) is 5.02 Å². The molecule has 1 atom stereocenters. The maximum absolute atomic E-state index is 12.1. The van der Waals surface area contributed by atoms with Crippen molar-refractivity contribution in [3.8, 4) is 0 Å². The molecule has 1 aromatic heterocycles. The van der Waals surface area contributed by atoms with Crippen LogP contribution in [0.5, 0.6) is 0 Å². The lowest BCUT2D eigenvalue weighted by molar-refractivity contribution is -0.129. The Hall–Kier alpha value is -2.44. The smallest absolute Gasteiger partial charge is 0.253 e. The molecule has 0 bridgehead atoms. The average Bonchev–Trinajstić information content (AvgIpc) is 2.62. The first kappa shape index (κ1) is 16.4. The predicted molar refractivity (Wildman–Crippen MR) is 90.1 cm³/mol. The van der Waals surface area contributed by atoms with Gasteiger partial charge in [-0.25, -0.2) is 0 Å². The van der Waals surface area contributed by atoms with Crippen LogP contribution in [0.3, 0.4) is 0 Å². The highest BCUT2D eigenvalue weighted by Gasteiger charge is 2.27. The zero-order valence-electron chi connectivity index (χ0n) is 12.8. The average molecular weight is 346 g/mol. The van der Waals surface area contributed by atoms with Crippen molar-refractivity contribution < 1.29 is 14.3 Å². The van der Waals surface area contributed by atoms with Crippen LogP contribution in [-0.4, -0.2) is 42.6 Å². The number of nitrogens with one attached hydrogen (secondary N) is 1. The molecule has 24 heavy (non-hydrogen) atoms. The molecule has 1 fully saturated rings. The summed E-state index contributed by atoms with van der Waals surface area (Å²) in [6, 6.07) is 10.3. The Morgan fingerprint density at radius 3 is 2.67 bits per heavy atom. The van der Waals surface area contributed by atoms with E-state index in [1.54, 1.807) is 53.7 Å². The summed E-state index contributed by atoms with van der Waals surface area (Å²) in [7, 11) is 0. The molecule has 0 aliphatic carbocycles. The minimum atomic E-state index is -0.274. The number of halogens is 1. The van der Waals surface area contributed by atoms with Gasteiger partial charge in [0.15, 0.2) is 0 Å². The van der Waals surface area contributed by atoms with Crippen molar-refractivity contribution in [2.24, 2.45) is 0 Å². The Balaban J connectivity index is 1.60. The van der Waals surface area contributed by atoms with Crippen molar-refractivity contribution in [1.29, 1.82) is 0 Å². The minimum Gasteiger partial charge on any atom is -0.365 e. The molecule has 3 rings (SSSR count). The summed E-state index contributed by atoms with van der Waals surface area (Å²) in [5.41, 5.74) is 1.30. The molecular weight excluding hydrogens is 330 g/mol. The Bertz CT molecular complexity index is 722. The molecule has 2 amide bonds. The van der Waals surface area contributed by atoms with Gasteiger partial charge in [-0.15, -0.1) is 0 Å². The van der Waals surface area contributed by atoms with Gasteiger partial charge in [0.05, 0.1) is 12.6 Å². The summed E-state index contributed by atoms with van der Waals surface area (Å²) in [5, 5.41) is 3.43. The molecule has 2 heterocycles. The molecule has 7 heteroatoms. The lowest BCUT2D eigenvalue weighted by atomic mass is 10.2. The molecule has 0 saturated carbocycles. The Morgan fingerprint density at radius 1 is 1.25 bits per heavy atom. The van der Waals surface area contributed by atoms with E-state index < -0.39 is 0 Å². The molecular formula is C17H16ClN3O3. The van der Waals surface area contributed by atoms with Gasteiger partial charge in [0.25, 0.3) is 11.8 Å². The molecule has 1 aromatic carbocycles. The summed E-state index contributed by atoms with van der Waals surface area (Å²) in [5.74, 6) is -0.315. The van der Waals surface area contributed by atoms with Crippen molar-refractivity contribution in [3.63, 3.8) is 0 Å². The van der Waals surface area contributed by atoms with Gasteiger partial charge in [-0.05, 0) is 36.4 Å². The molecule has 124 valence electrons. The first-order valence-electron chi connectivity index (χ1n) is 7.49. The number of nitrogens with zero attached hydrogens (tertiary/aromatic N) is 2. The zero-order chi connectivity index (χ0) is 16.9. The first-order valence-corrected chi connectivity index (χ1v) is 7.87. The monoisotopic (exact) mass is 345 g/mol. The number of ether oxygens (including phenoxy) is 1. The van der Waals surface area contributed by atoms with E-state index >= 15 is 0 Å². The topological polar surface area (TPSA) is 71.5 Å². The first-order chi connectivity index (χ1) is 11.6. The molecule has 2 aromatic rings. The van der Waals surface area contributed by atoms with E-state index in [0.29, 0.717) is 23.7 Å². The fraction of sp³-hybridized carbons (Fsp3) is 0.235. The van der Waals surface area contributed by atoms with Crippen LogP contribution < -0.4 is 10.2 Å². The van der Waals surface area contributed by atoms with E-state index in [9.17, 15) is 9.59 Å². The summed E-state index contributed by atoms with van der Waals surface area (Å²) < 4.78 is 5.51. The molecule has 1 N–H and O–H groups in total. The second kappa shape index (κ2) is 7.42. The zero-order valence-corrected chi connectivity index (χ0v) is 13.6. The van der Waals surface area contributed by atoms with Crippen LogP contribution in [0, 0.1) is 0 Å². The molecule has 1 unspecified atom stereocenters. The summed E-state index contributed by atoms with van der Waals surface area (Å²) in [6.45, 7) is 0.675. The van der Waals surface area contributed by atoms with Crippen LogP contribution in [0.4, 0.5) is 5.69 Å². The van der Waals surface area contributed by atoms with E-state index in [0.717, 1.165) is 5.69 Å². The van der Waals surface area contributed by atoms with E-state index in [-0.39, 0.29) is 24.5 Å². The van der Waals surface area contributed by atoms with Gasteiger partial charge in [0, 0.05) is 35.2 Å². The number of anilines is 1. The third-order valence-corrected chi connectivity index (χ3v) is 3.95. The van der Waals surface area contributed by atoms with Crippen molar-refractivity contribution in [2.45, 2.75) is 6.10 Å². The van der Waals surface area contributed by atoms with Crippen molar-refractivity contribution in [2.75, 3.05) is 24.6 Å². The number of hydrogen-bond donors (Lipinski definition) is 1. The SMILES string of the molecule is O=C(NCC1CN(c2ccc(Cl)cc2)C(=O)CO1)c1ccncc1. The Morgan fingerprint density at radius 2 is 1.96 bits per heavy atom. The predicted octanol–water partition coefficient (Wildman–Crippen LogP) is 1.90. The summed E-state index contributed by atoms with van der Waals surface area (Å²) >= 11 is 5.88. The molecule has 1 aliphatic rings. The van der Waals surface area contributed by atoms with E-state index in [1.807, 2.05) is 0 Å². The van der Waals surface area contributed by atoms with Gasteiger partial charge >= 0.3 is 0 Å². The Kier molecular flexibility index (Phi) is 5.08. The van der Waals surface area contributed by atoms with E-state index in [4.69, 9.17) is 16.3 Å². The minimum absolute atomic E-state index is 0.0155. The third kappa shape index (κ3) is 3.90. The van der Waals surface area contributed by atoms with E-state index in [2.05, 4.69) is 10.3 Å². The molecule has 0 spiro atoms. The van der Waals surface area contributed by atoms with Gasteiger partial charge in [0.2, 0.25) is 0 Å². The van der Waals surface area contributed by atoms with Gasteiger partial charge in [-0.2, -0.15) is 0 Å². The molecule has 1 aliphatic heterocycles. The normalized spacial score (nSPS) is 17.6. The maximum Gasteiger partial charge on any atom is 0.253 e. The standard InChI is InChI=1S/C17H16ClN3O3/c18-13-1-3-14(4-2-13)21-10-15(24-11-16(21)22)9-20-17(23)12-5-7-19-8-6-12/h1-8,15H,9-11H2,(H,20,23). The highest BCUT2D eigenvalue weighted by molar-refractivity contribution is 6.30. The summed E-state index contributed by atoms with van der Waals surface area (Å²) in [6.07, 6.45) is 2.85. The largest absolute Gasteiger partial charge is 0.365 e. The molecule has 0 radical (unpaired) electrons. The van der Waals surface area contributed by atoms with Crippen molar-refractivity contribution in [3.05, 3.63) is 59.4 Å². The van der Waals surface area contributed by atoms with Crippen LogP contribution in [-0.2, 0) is 9.53 Å². The van der Waals surface area contributed by atoms with Crippen molar-refractivity contribution >= 4 is 29.1 Å². The second-order valence-electron chi connectivity index (χ2n) is 5.36. The number of rotatable bonds is 4. The lowest BCUT2D eigenvalue weighted by Crippen LogP contribution is -2.50. The molecule has 1 saturated heterocycles. The van der Waals surface area contributed by atoms with Gasteiger partial charge < -0.3 is 15.0 Å². The quantitative estimate of drug-likeness (QED) is 0.918. The van der Waals surface area contributed by atoms with Gasteiger partial charge in [-0.3, -0.25) is 14.6 Å². The number of amides is 2. The maximum atomic E-state index is 12.1. The number of carbonyl (C=O) groups is 2. The van der Waals surface area contributed by atoms with E-state index in [1.165, 1.54) is 0 Å². The number of morpholine rings is 1. The summed E-state index contributed by atoms with van der Waals surface area (Å²) in [4.78, 5) is 29.6. The molecule has 6 nitrogen and oxygen atoms in total. The number of pyridine rings is 1. The van der Waals surface area contributed by atoms with Crippen LogP contribution in [0.15, 0.2) is 48.8 Å². The lowest BCUT2D eigenvalue weighted by Gasteiger charge is -2.32. The van der Waals surface area contributed by atoms with Crippen molar-refractivity contribution in [1.82, 2.24) is 10.3 Å². The number of hydrogen-bond acceptors (Lipinski definition) is 4. The Labute approximate surface area is 144 Å². The number of carbonyl (C=O) groups excluding carboxylic acids is 2. The number of benzene rings is 1. The highest BCUT2D eigenvalue weighted by atomic mass is 35.5. The van der Waals surface area contributed by atoms with Crippen LogP contribution in [0.25, 0.3) is 0 Å². The fourth-order valence-corrected chi connectivity index (χ4v) is 2.56. The van der Waals surface area contributed by atoms with Crippen LogP contribution >= 0.6 is 11.6 Å². The van der Waals surface area contributed by atoms with Gasteiger partial charge in [-0.1, -0.05) is 11.6 Å². The van der Waals surface area contributed by atoms with Gasteiger partial charge in [0.1, 0.15) is 6.61 Å². The second-order valence-corrected chi connectivity index (χ2v) is 5.80. The third-order valence-electron chi connectivity index (χ3n) is 3.70.